The molecule has 0 bridgehead atoms. The van der Waals surface area contributed by atoms with Crippen molar-refractivity contribution < 1.29 is 14.3 Å². The summed E-state index contributed by atoms with van der Waals surface area (Å²) in [5, 5.41) is 2.82. The van der Waals surface area contributed by atoms with Gasteiger partial charge in [-0.25, -0.2) is 0 Å². The number of nitrogens with one attached hydrogen (secondary N) is 1. The van der Waals surface area contributed by atoms with Crippen molar-refractivity contribution in [3.05, 3.63) is 65.7 Å². The van der Waals surface area contributed by atoms with Gasteiger partial charge in [-0.3, -0.25) is 9.59 Å². The Bertz CT molecular complexity index is 801. The van der Waals surface area contributed by atoms with Crippen LogP contribution in [0.5, 0.6) is 0 Å². The molecule has 0 spiro atoms. The lowest BCUT2D eigenvalue weighted by molar-refractivity contribution is -0.141. The Hall–Kier alpha value is -2.66. The molecule has 148 valence electrons. The van der Waals surface area contributed by atoms with E-state index in [4.69, 9.17) is 4.74 Å². The number of anilines is 1. The molecular weight excluding hydrogens is 352 g/mol. The van der Waals surface area contributed by atoms with Gasteiger partial charge in [0.05, 0.1) is 6.04 Å². The van der Waals surface area contributed by atoms with E-state index < -0.39 is 0 Å². The maximum absolute atomic E-state index is 13.4. The Labute approximate surface area is 166 Å². The minimum atomic E-state index is -0.107. The van der Waals surface area contributed by atoms with E-state index >= 15 is 0 Å². The van der Waals surface area contributed by atoms with Crippen molar-refractivity contribution in [3.8, 4) is 0 Å². The highest BCUT2D eigenvalue weighted by Crippen LogP contribution is 2.29. The van der Waals surface area contributed by atoms with E-state index in [0.717, 1.165) is 29.7 Å². The maximum Gasteiger partial charge on any atom is 0.226 e. The molecule has 1 aliphatic heterocycles. The number of carbonyl (C=O) groups is 2. The Morgan fingerprint density at radius 1 is 1.11 bits per heavy atom. The summed E-state index contributed by atoms with van der Waals surface area (Å²) in [6.07, 6.45) is 1.53. The molecule has 1 atom stereocenters. The lowest BCUT2D eigenvalue weighted by Crippen LogP contribution is -2.39. The molecule has 0 saturated carbocycles. The van der Waals surface area contributed by atoms with Crippen LogP contribution in [0.4, 0.5) is 5.69 Å². The minimum absolute atomic E-state index is 0.00144. The van der Waals surface area contributed by atoms with Crippen LogP contribution in [0.2, 0.25) is 0 Å². The quantitative estimate of drug-likeness (QED) is 0.819. The van der Waals surface area contributed by atoms with Crippen LogP contribution in [0.3, 0.4) is 0 Å². The number of ether oxygens (including phenoxy) is 1. The average molecular weight is 380 g/mol. The molecule has 2 aromatic rings. The summed E-state index contributed by atoms with van der Waals surface area (Å²) in [7, 11) is 0. The molecule has 2 amide bonds. The number of amides is 2. The number of benzene rings is 2. The Morgan fingerprint density at radius 3 is 2.50 bits per heavy atom. The van der Waals surface area contributed by atoms with Crippen molar-refractivity contribution in [3.63, 3.8) is 0 Å². The zero-order valence-corrected chi connectivity index (χ0v) is 16.6. The summed E-state index contributed by atoms with van der Waals surface area (Å²) < 4.78 is 5.43. The fraction of sp³-hybridized carbons (Fsp3) is 0.391. The molecule has 1 aliphatic rings. The van der Waals surface area contributed by atoms with Gasteiger partial charge in [0.25, 0.3) is 0 Å². The first-order valence-corrected chi connectivity index (χ1v) is 9.84. The van der Waals surface area contributed by atoms with Crippen molar-refractivity contribution in [1.29, 1.82) is 0 Å². The monoisotopic (exact) mass is 380 g/mol. The van der Waals surface area contributed by atoms with Gasteiger partial charge in [0.1, 0.15) is 0 Å². The first kappa shape index (κ1) is 20.1. The van der Waals surface area contributed by atoms with Gasteiger partial charge in [-0.15, -0.1) is 0 Å². The lowest BCUT2D eigenvalue weighted by Gasteiger charge is -2.34. The van der Waals surface area contributed by atoms with E-state index in [1.54, 1.807) is 0 Å². The number of carbonyl (C=O) groups excluding carboxylic acids is 2. The van der Waals surface area contributed by atoms with E-state index in [1.165, 1.54) is 6.92 Å². The summed E-state index contributed by atoms with van der Waals surface area (Å²) >= 11 is 0. The molecular formula is C23H28N2O3. The lowest BCUT2D eigenvalue weighted by atomic mass is 9.96. The van der Waals surface area contributed by atoms with Crippen LogP contribution in [0, 0.1) is 5.92 Å². The summed E-state index contributed by atoms with van der Waals surface area (Å²) in [5.41, 5.74) is 2.85. The minimum Gasteiger partial charge on any atom is -0.381 e. The molecule has 1 N–H and O–H groups in total. The normalized spacial score (nSPS) is 15.6. The summed E-state index contributed by atoms with van der Waals surface area (Å²) in [6, 6.07) is 17.7. The van der Waals surface area contributed by atoms with Crippen LogP contribution >= 0.6 is 0 Å². The van der Waals surface area contributed by atoms with Crippen LogP contribution in [0.1, 0.15) is 43.9 Å². The first-order chi connectivity index (χ1) is 13.5. The molecule has 0 radical (unpaired) electrons. The summed E-state index contributed by atoms with van der Waals surface area (Å²) in [5.74, 6) is 0.0623. The third-order valence-electron chi connectivity index (χ3n) is 5.21. The molecule has 0 aromatic heterocycles. The second-order valence-electron chi connectivity index (χ2n) is 7.32. The molecule has 28 heavy (non-hydrogen) atoms. The van der Waals surface area contributed by atoms with Crippen LogP contribution in [-0.4, -0.2) is 29.9 Å². The molecule has 0 aliphatic carbocycles. The van der Waals surface area contributed by atoms with Gasteiger partial charge < -0.3 is 15.0 Å². The summed E-state index contributed by atoms with van der Waals surface area (Å²) in [6.45, 7) is 5.38. The predicted molar refractivity (Wildman–Crippen MR) is 110 cm³/mol. The Morgan fingerprint density at radius 2 is 1.82 bits per heavy atom. The molecule has 3 rings (SSSR count). The number of hydrogen-bond donors (Lipinski definition) is 1. The fourth-order valence-corrected chi connectivity index (χ4v) is 3.62. The highest BCUT2D eigenvalue weighted by molar-refractivity contribution is 5.88. The second-order valence-corrected chi connectivity index (χ2v) is 7.32. The van der Waals surface area contributed by atoms with E-state index in [9.17, 15) is 9.59 Å². The van der Waals surface area contributed by atoms with Gasteiger partial charge in [-0.2, -0.15) is 0 Å². The fourth-order valence-electron chi connectivity index (χ4n) is 3.62. The highest BCUT2D eigenvalue weighted by Gasteiger charge is 2.30. The third-order valence-corrected chi connectivity index (χ3v) is 5.21. The van der Waals surface area contributed by atoms with E-state index in [0.29, 0.717) is 19.8 Å². The third kappa shape index (κ3) is 5.20. The summed E-state index contributed by atoms with van der Waals surface area (Å²) in [4.78, 5) is 26.7. The molecule has 5 nitrogen and oxygen atoms in total. The van der Waals surface area contributed by atoms with Crippen molar-refractivity contribution in [2.24, 2.45) is 5.92 Å². The van der Waals surface area contributed by atoms with Crippen LogP contribution in [0.15, 0.2) is 54.6 Å². The van der Waals surface area contributed by atoms with Gasteiger partial charge in [-0.1, -0.05) is 42.5 Å². The van der Waals surface area contributed by atoms with E-state index in [2.05, 4.69) is 5.32 Å². The zero-order chi connectivity index (χ0) is 19.9. The van der Waals surface area contributed by atoms with Crippen LogP contribution in [-0.2, 0) is 20.9 Å². The molecule has 1 fully saturated rings. The van der Waals surface area contributed by atoms with Crippen molar-refractivity contribution in [1.82, 2.24) is 4.90 Å². The van der Waals surface area contributed by atoms with Crippen LogP contribution < -0.4 is 5.32 Å². The smallest absolute Gasteiger partial charge is 0.226 e. The van der Waals surface area contributed by atoms with E-state index in [1.807, 2.05) is 66.4 Å². The first-order valence-electron chi connectivity index (χ1n) is 9.84. The Balaban J connectivity index is 1.86. The molecule has 1 unspecified atom stereocenters. The van der Waals surface area contributed by atoms with Crippen molar-refractivity contribution in [2.75, 3.05) is 18.5 Å². The van der Waals surface area contributed by atoms with Gasteiger partial charge in [0.2, 0.25) is 11.8 Å². The highest BCUT2D eigenvalue weighted by atomic mass is 16.5. The van der Waals surface area contributed by atoms with Gasteiger partial charge >= 0.3 is 0 Å². The molecule has 1 saturated heterocycles. The van der Waals surface area contributed by atoms with Crippen molar-refractivity contribution >= 4 is 17.5 Å². The van der Waals surface area contributed by atoms with Gasteiger partial charge in [-0.05, 0) is 43.0 Å². The van der Waals surface area contributed by atoms with Gasteiger partial charge in [0.15, 0.2) is 0 Å². The van der Waals surface area contributed by atoms with Gasteiger partial charge in [0, 0.05) is 38.3 Å². The molecule has 1 heterocycles. The van der Waals surface area contributed by atoms with Crippen LogP contribution in [0.25, 0.3) is 0 Å². The number of nitrogens with zero attached hydrogens (tertiary/aromatic N) is 1. The number of rotatable bonds is 6. The zero-order valence-electron chi connectivity index (χ0n) is 16.6. The molecule has 5 heteroatoms. The predicted octanol–water partition coefficient (Wildman–Crippen LogP) is 4.16. The van der Waals surface area contributed by atoms with Crippen molar-refractivity contribution in [2.45, 2.75) is 39.3 Å². The Kier molecular flexibility index (Phi) is 6.82. The standard InChI is InChI=1S/C23H28N2O3/c1-17(21-9-6-10-22(15-21)24-18(2)26)25(16-19-7-4-3-5-8-19)23(27)20-11-13-28-14-12-20/h3-10,15,17,20H,11-14,16H2,1-2H3,(H,24,26). The molecule has 2 aromatic carbocycles. The second kappa shape index (κ2) is 9.51. The largest absolute Gasteiger partial charge is 0.381 e. The topological polar surface area (TPSA) is 58.6 Å². The van der Waals surface area contributed by atoms with E-state index in [-0.39, 0.29) is 23.8 Å². The maximum atomic E-state index is 13.4. The average Bonchev–Trinajstić information content (AvgIpc) is 2.72. The number of hydrogen-bond acceptors (Lipinski definition) is 3. The SMILES string of the molecule is CC(=O)Nc1cccc(C(C)N(Cc2ccccc2)C(=O)C2CCOCC2)c1.